The molecule has 0 unspecified atom stereocenters. The lowest BCUT2D eigenvalue weighted by atomic mass is 10.2. The van der Waals surface area contributed by atoms with Crippen molar-refractivity contribution in [3.63, 3.8) is 0 Å². The second-order valence-corrected chi connectivity index (χ2v) is 7.40. The molecular weight excluding hydrogens is 376 g/mol. The molecule has 2 aromatic rings. The lowest BCUT2D eigenvalue weighted by molar-refractivity contribution is -0.151. The Labute approximate surface area is 169 Å². The van der Waals surface area contributed by atoms with Gasteiger partial charge in [0, 0.05) is 23.4 Å². The largest absolute Gasteiger partial charge is 0.456 e. The van der Waals surface area contributed by atoms with Crippen LogP contribution >= 0.6 is 11.8 Å². The molecule has 0 aromatic heterocycles. The molecule has 2 aromatic carbocycles. The highest BCUT2D eigenvalue weighted by Gasteiger charge is 2.15. The lowest BCUT2D eigenvalue weighted by Crippen LogP contribution is -2.37. The first-order valence-corrected chi connectivity index (χ1v) is 9.86. The van der Waals surface area contributed by atoms with Gasteiger partial charge in [-0.3, -0.25) is 14.4 Å². The Kier molecular flexibility index (Phi) is 8.55. The molecule has 0 fully saturated rings. The first-order valence-electron chi connectivity index (χ1n) is 8.88. The third-order valence-corrected chi connectivity index (χ3v) is 4.83. The van der Waals surface area contributed by atoms with Crippen molar-refractivity contribution in [3.8, 4) is 0 Å². The summed E-state index contributed by atoms with van der Waals surface area (Å²) in [4.78, 5) is 38.1. The summed E-state index contributed by atoms with van der Waals surface area (Å²) in [7, 11) is 1.50. The van der Waals surface area contributed by atoms with Crippen molar-refractivity contribution in [2.45, 2.75) is 18.2 Å². The molecular formula is C21H24N2O4S. The van der Waals surface area contributed by atoms with Gasteiger partial charge in [0.25, 0.3) is 5.91 Å². The van der Waals surface area contributed by atoms with Gasteiger partial charge in [0.05, 0.1) is 13.0 Å². The number of ether oxygens (including phenoxy) is 1. The summed E-state index contributed by atoms with van der Waals surface area (Å²) < 4.78 is 5.00. The van der Waals surface area contributed by atoms with Crippen LogP contribution in [0.1, 0.15) is 12.0 Å². The van der Waals surface area contributed by atoms with E-state index in [2.05, 4.69) is 5.32 Å². The van der Waals surface area contributed by atoms with Gasteiger partial charge in [-0.15, -0.1) is 11.8 Å². The highest BCUT2D eigenvalue weighted by molar-refractivity contribution is 7.99. The van der Waals surface area contributed by atoms with Crippen LogP contribution in [0.3, 0.4) is 0 Å². The minimum atomic E-state index is -0.436. The maximum Gasteiger partial charge on any atom is 0.307 e. The zero-order valence-electron chi connectivity index (χ0n) is 16.0. The third-order valence-electron chi connectivity index (χ3n) is 3.82. The maximum absolute atomic E-state index is 12.0. The number of rotatable bonds is 9. The van der Waals surface area contributed by atoms with Crippen LogP contribution in [0.2, 0.25) is 0 Å². The van der Waals surface area contributed by atoms with E-state index in [1.54, 1.807) is 23.9 Å². The molecule has 2 rings (SSSR count). The predicted molar refractivity (Wildman–Crippen MR) is 110 cm³/mol. The van der Waals surface area contributed by atoms with E-state index in [9.17, 15) is 14.4 Å². The molecule has 0 radical (unpaired) electrons. The molecule has 7 heteroatoms. The monoisotopic (exact) mass is 400 g/mol. The fourth-order valence-electron chi connectivity index (χ4n) is 2.23. The first kappa shape index (κ1) is 21.5. The van der Waals surface area contributed by atoms with Gasteiger partial charge in [0.2, 0.25) is 5.91 Å². The number of nitrogens with zero attached hydrogens (tertiary/aromatic N) is 1. The van der Waals surface area contributed by atoms with Crippen LogP contribution in [0.4, 0.5) is 5.69 Å². The standard InChI is InChI=1S/C21H24N2O4S/c1-16-8-10-17(11-9-16)22-19(24)14-23(2)20(25)15-27-21(26)12-13-28-18-6-4-3-5-7-18/h3-11H,12-15H2,1-2H3,(H,22,24). The molecule has 0 aliphatic carbocycles. The number of carbonyl (C=O) groups is 3. The number of hydrogen-bond acceptors (Lipinski definition) is 5. The molecule has 0 spiro atoms. The fraction of sp³-hybridized carbons (Fsp3) is 0.286. The number of anilines is 1. The highest BCUT2D eigenvalue weighted by Crippen LogP contribution is 2.17. The zero-order valence-corrected chi connectivity index (χ0v) is 16.8. The quantitative estimate of drug-likeness (QED) is 0.517. The normalized spacial score (nSPS) is 10.2. The second-order valence-electron chi connectivity index (χ2n) is 6.24. The molecule has 0 aliphatic rings. The molecule has 28 heavy (non-hydrogen) atoms. The van der Waals surface area contributed by atoms with Gasteiger partial charge in [0.15, 0.2) is 6.61 Å². The number of thioether (sulfide) groups is 1. The Morgan fingerprint density at radius 3 is 2.39 bits per heavy atom. The van der Waals surface area contributed by atoms with Crippen LogP contribution < -0.4 is 5.32 Å². The van der Waals surface area contributed by atoms with E-state index in [1.807, 2.05) is 49.4 Å². The average molecular weight is 401 g/mol. The van der Waals surface area contributed by atoms with E-state index >= 15 is 0 Å². The second kappa shape index (κ2) is 11.1. The molecule has 0 heterocycles. The Bertz CT molecular complexity index is 794. The molecule has 6 nitrogen and oxygen atoms in total. The number of esters is 1. The topological polar surface area (TPSA) is 75.7 Å². The van der Waals surface area contributed by atoms with Crippen LogP contribution in [0, 0.1) is 6.92 Å². The number of hydrogen-bond donors (Lipinski definition) is 1. The summed E-state index contributed by atoms with van der Waals surface area (Å²) in [5.74, 6) is -0.603. The van der Waals surface area contributed by atoms with Gasteiger partial charge < -0.3 is 15.0 Å². The molecule has 0 bridgehead atoms. The number of carbonyl (C=O) groups excluding carboxylic acids is 3. The van der Waals surface area contributed by atoms with E-state index in [1.165, 1.54) is 11.9 Å². The minimum Gasteiger partial charge on any atom is -0.456 e. The molecule has 1 N–H and O–H groups in total. The summed E-state index contributed by atoms with van der Waals surface area (Å²) in [5.41, 5.74) is 1.76. The Balaban J connectivity index is 1.64. The third kappa shape index (κ3) is 7.84. The van der Waals surface area contributed by atoms with Gasteiger partial charge in [-0.2, -0.15) is 0 Å². The predicted octanol–water partition coefficient (Wildman–Crippen LogP) is 3.12. The minimum absolute atomic E-state index is 0.117. The Morgan fingerprint density at radius 1 is 1.04 bits per heavy atom. The fourth-order valence-corrected chi connectivity index (χ4v) is 3.09. The molecule has 148 valence electrons. The Hall–Kier alpha value is -2.80. The van der Waals surface area contributed by atoms with Crippen molar-refractivity contribution in [3.05, 3.63) is 60.2 Å². The van der Waals surface area contributed by atoms with Crippen molar-refractivity contribution in [1.29, 1.82) is 0 Å². The molecule has 0 aliphatic heterocycles. The van der Waals surface area contributed by atoms with E-state index in [4.69, 9.17) is 4.74 Å². The van der Waals surface area contributed by atoms with Crippen LogP contribution in [0.15, 0.2) is 59.5 Å². The molecule has 0 atom stereocenters. The van der Waals surface area contributed by atoms with Gasteiger partial charge in [-0.05, 0) is 31.2 Å². The SMILES string of the molecule is Cc1ccc(NC(=O)CN(C)C(=O)COC(=O)CCSc2ccccc2)cc1. The van der Waals surface area contributed by atoms with Gasteiger partial charge in [-0.25, -0.2) is 0 Å². The van der Waals surface area contributed by atoms with Gasteiger partial charge >= 0.3 is 5.97 Å². The van der Waals surface area contributed by atoms with Crippen LogP contribution in [0.5, 0.6) is 0 Å². The van der Waals surface area contributed by atoms with E-state index < -0.39 is 11.9 Å². The number of aryl methyl sites for hydroxylation is 1. The van der Waals surface area contributed by atoms with Crippen molar-refractivity contribution < 1.29 is 19.1 Å². The summed E-state index contributed by atoms with van der Waals surface area (Å²) >= 11 is 1.55. The molecule has 0 saturated carbocycles. The van der Waals surface area contributed by atoms with Gasteiger partial charge in [-0.1, -0.05) is 35.9 Å². The summed E-state index contributed by atoms with van der Waals surface area (Å²) in [6.07, 6.45) is 0.213. The van der Waals surface area contributed by atoms with E-state index in [0.717, 1.165) is 10.5 Å². The number of amides is 2. The number of benzene rings is 2. The lowest BCUT2D eigenvalue weighted by Gasteiger charge is -2.16. The number of likely N-dealkylation sites (N-methyl/N-ethyl adjacent to an activating group) is 1. The van der Waals surface area contributed by atoms with Crippen molar-refractivity contribution in [2.24, 2.45) is 0 Å². The van der Waals surface area contributed by atoms with E-state index in [-0.39, 0.29) is 25.5 Å². The van der Waals surface area contributed by atoms with Crippen molar-refractivity contribution in [2.75, 3.05) is 31.3 Å². The smallest absolute Gasteiger partial charge is 0.307 e. The molecule has 2 amide bonds. The maximum atomic E-state index is 12.0. The molecule has 0 saturated heterocycles. The highest BCUT2D eigenvalue weighted by atomic mass is 32.2. The van der Waals surface area contributed by atoms with Crippen LogP contribution in [-0.2, 0) is 19.1 Å². The summed E-state index contributed by atoms with van der Waals surface area (Å²) in [6, 6.07) is 17.1. The van der Waals surface area contributed by atoms with Gasteiger partial charge in [0.1, 0.15) is 0 Å². The Morgan fingerprint density at radius 2 is 1.71 bits per heavy atom. The van der Waals surface area contributed by atoms with Crippen LogP contribution in [-0.4, -0.2) is 48.6 Å². The average Bonchev–Trinajstić information content (AvgIpc) is 2.68. The first-order chi connectivity index (χ1) is 13.4. The number of nitrogens with one attached hydrogen (secondary N) is 1. The summed E-state index contributed by atoms with van der Waals surface area (Å²) in [5, 5.41) is 2.72. The summed E-state index contributed by atoms with van der Waals surface area (Å²) in [6.45, 7) is 1.47. The van der Waals surface area contributed by atoms with E-state index in [0.29, 0.717) is 11.4 Å². The van der Waals surface area contributed by atoms with Crippen LogP contribution in [0.25, 0.3) is 0 Å². The zero-order chi connectivity index (χ0) is 20.4. The van der Waals surface area contributed by atoms with Crippen molar-refractivity contribution in [1.82, 2.24) is 4.90 Å². The van der Waals surface area contributed by atoms with Crippen molar-refractivity contribution >= 4 is 35.2 Å².